The second-order valence-electron chi connectivity index (χ2n) is 7.26. The van der Waals surface area contributed by atoms with Gasteiger partial charge in [-0.1, -0.05) is 44.2 Å². The third-order valence-electron chi connectivity index (χ3n) is 4.16. The van der Waals surface area contributed by atoms with Crippen LogP contribution in [0.3, 0.4) is 0 Å². The fourth-order valence-electron chi connectivity index (χ4n) is 2.78. The summed E-state index contributed by atoms with van der Waals surface area (Å²) >= 11 is 0. The second-order valence-corrected chi connectivity index (χ2v) is 7.26. The third kappa shape index (κ3) is 7.58. The van der Waals surface area contributed by atoms with E-state index in [1.165, 1.54) is 0 Å². The van der Waals surface area contributed by atoms with Gasteiger partial charge in [-0.25, -0.2) is 0 Å². The summed E-state index contributed by atoms with van der Waals surface area (Å²) in [6.45, 7) is 6.21. The second kappa shape index (κ2) is 11.6. The van der Waals surface area contributed by atoms with Crippen LogP contribution >= 0.6 is 0 Å². The van der Waals surface area contributed by atoms with Crippen molar-refractivity contribution in [3.05, 3.63) is 60.2 Å². The maximum absolute atomic E-state index is 12.9. The number of hydrogen-bond donors (Lipinski definition) is 3. The summed E-state index contributed by atoms with van der Waals surface area (Å²) in [6, 6.07) is 15.0. The minimum atomic E-state index is -0.800. The van der Waals surface area contributed by atoms with Crippen molar-refractivity contribution < 1.29 is 19.1 Å². The molecule has 1 atom stereocenters. The Bertz CT molecular complexity index is 835. The Morgan fingerprint density at radius 3 is 2.20 bits per heavy atom. The lowest BCUT2D eigenvalue weighted by atomic mass is 10.0. The molecule has 2 aromatic carbocycles. The van der Waals surface area contributed by atoms with E-state index in [9.17, 15) is 14.4 Å². The quantitative estimate of drug-likeness (QED) is 0.560. The lowest BCUT2D eigenvalue weighted by Crippen LogP contribution is -2.37. The van der Waals surface area contributed by atoms with Crippen molar-refractivity contribution in [1.82, 2.24) is 10.6 Å². The first-order valence-electron chi connectivity index (χ1n) is 10.0. The number of carbonyl (C=O) groups is 3. The van der Waals surface area contributed by atoms with Gasteiger partial charge in [-0.15, -0.1) is 0 Å². The number of ether oxygens (including phenoxy) is 1. The molecule has 1 unspecified atom stereocenters. The molecule has 0 saturated heterocycles. The molecule has 2 rings (SSSR count). The summed E-state index contributed by atoms with van der Waals surface area (Å²) in [6.07, 6.45) is 0.342. The summed E-state index contributed by atoms with van der Waals surface area (Å²) < 4.78 is 5.40. The van der Waals surface area contributed by atoms with E-state index in [1.807, 2.05) is 39.0 Å². The molecule has 0 bridgehead atoms. The standard InChI is InChI=1S/C23H29N3O4/c1-4-24-21(28)15-30-19-12-10-18(11-13-19)25-23(29)22(17-8-6-5-7-9-17)26-20(27)14-16(2)3/h5-13,16,22H,4,14-15H2,1-3H3,(H,24,28)(H,25,29)(H,26,27). The van der Waals surface area contributed by atoms with Crippen LogP contribution in [0.1, 0.15) is 38.8 Å². The number of anilines is 1. The Kier molecular flexibility index (Phi) is 8.87. The van der Waals surface area contributed by atoms with E-state index in [1.54, 1.807) is 36.4 Å². The minimum absolute atomic E-state index is 0.0719. The molecule has 160 valence electrons. The van der Waals surface area contributed by atoms with Gasteiger partial charge in [-0.3, -0.25) is 14.4 Å². The molecule has 3 amide bonds. The Balaban J connectivity index is 2.04. The van der Waals surface area contributed by atoms with Crippen LogP contribution in [0.5, 0.6) is 5.75 Å². The van der Waals surface area contributed by atoms with Crippen LogP contribution in [-0.2, 0) is 14.4 Å². The third-order valence-corrected chi connectivity index (χ3v) is 4.16. The van der Waals surface area contributed by atoms with Gasteiger partial charge in [0.25, 0.3) is 11.8 Å². The van der Waals surface area contributed by atoms with Crippen molar-refractivity contribution >= 4 is 23.4 Å². The van der Waals surface area contributed by atoms with Crippen LogP contribution < -0.4 is 20.7 Å². The van der Waals surface area contributed by atoms with Gasteiger partial charge in [-0.2, -0.15) is 0 Å². The fourth-order valence-corrected chi connectivity index (χ4v) is 2.78. The van der Waals surface area contributed by atoms with Gasteiger partial charge in [0.2, 0.25) is 5.91 Å². The van der Waals surface area contributed by atoms with Crippen LogP contribution in [0.2, 0.25) is 0 Å². The maximum atomic E-state index is 12.9. The smallest absolute Gasteiger partial charge is 0.257 e. The first-order chi connectivity index (χ1) is 14.4. The molecule has 7 nitrogen and oxygen atoms in total. The molecule has 0 heterocycles. The van der Waals surface area contributed by atoms with E-state index in [2.05, 4.69) is 16.0 Å². The van der Waals surface area contributed by atoms with Gasteiger partial charge in [0.1, 0.15) is 11.8 Å². The summed E-state index contributed by atoms with van der Waals surface area (Å²) in [5.41, 5.74) is 1.26. The number of nitrogens with one attached hydrogen (secondary N) is 3. The van der Waals surface area contributed by atoms with Gasteiger partial charge >= 0.3 is 0 Å². The summed E-state index contributed by atoms with van der Waals surface area (Å²) in [4.78, 5) is 36.6. The van der Waals surface area contributed by atoms with E-state index >= 15 is 0 Å². The van der Waals surface area contributed by atoms with Crippen LogP contribution in [0.15, 0.2) is 54.6 Å². The lowest BCUT2D eigenvalue weighted by molar-refractivity contribution is -0.127. The van der Waals surface area contributed by atoms with Gasteiger partial charge in [0.15, 0.2) is 6.61 Å². The molecule has 0 aliphatic heterocycles. The predicted molar refractivity (Wildman–Crippen MR) is 116 cm³/mol. The van der Waals surface area contributed by atoms with E-state index in [0.29, 0.717) is 30.0 Å². The van der Waals surface area contributed by atoms with Crippen molar-refractivity contribution in [1.29, 1.82) is 0 Å². The molecule has 7 heteroatoms. The summed E-state index contributed by atoms with van der Waals surface area (Å²) in [5.74, 6) is -0.00402. The zero-order valence-electron chi connectivity index (χ0n) is 17.6. The molecule has 3 N–H and O–H groups in total. The van der Waals surface area contributed by atoms with E-state index in [4.69, 9.17) is 4.74 Å². The maximum Gasteiger partial charge on any atom is 0.257 e. The van der Waals surface area contributed by atoms with Crippen molar-refractivity contribution in [2.75, 3.05) is 18.5 Å². The van der Waals surface area contributed by atoms with Gasteiger partial charge < -0.3 is 20.7 Å². The number of hydrogen-bond acceptors (Lipinski definition) is 4. The summed E-state index contributed by atoms with van der Waals surface area (Å²) in [5, 5.41) is 8.30. The molecule has 2 aromatic rings. The van der Waals surface area contributed by atoms with Crippen LogP contribution in [0.4, 0.5) is 5.69 Å². The van der Waals surface area contributed by atoms with Crippen LogP contribution in [-0.4, -0.2) is 30.9 Å². The average molecular weight is 412 g/mol. The lowest BCUT2D eigenvalue weighted by Gasteiger charge is -2.19. The van der Waals surface area contributed by atoms with Crippen LogP contribution in [0, 0.1) is 5.92 Å². The highest BCUT2D eigenvalue weighted by molar-refractivity contribution is 5.97. The Hall–Kier alpha value is -3.35. The highest BCUT2D eigenvalue weighted by atomic mass is 16.5. The highest BCUT2D eigenvalue weighted by Crippen LogP contribution is 2.19. The number of amides is 3. The number of carbonyl (C=O) groups excluding carboxylic acids is 3. The first-order valence-corrected chi connectivity index (χ1v) is 10.0. The molecular weight excluding hydrogens is 382 g/mol. The minimum Gasteiger partial charge on any atom is -0.484 e. The van der Waals surface area contributed by atoms with Gasteiger partial charge in [0, 0.05) is 18.7 Å². The summed E-state index contributed by atoms with van der Waals surface area (Å²) in [7, 11) is 0. The molecule has 0 radical (unpaired) electrons. The molecule has 0 saturated carbocycles. The van der Waals surface area contributed by atoms with Gasteiger partial charge in [0.05, 0.1) is 0 Å². The number of benzene rings is 2. The zero-order valence-corrected chi connectivity index (χ0v) is 17.6. The molecule has 0 spiro atoms. The van der Waals surface area contributed by atoms with Crippen LogP contribution in [0.25, 0.3) is 0 Å². The molecule has 0 aliphatic carbocycles. The largest absolute Gasteiger partial charge is 0.484 e. The highest BCUT2D eigenvalue weighted by Gasteiger charge is 2.23. The van der Waals surface area contributed by atoms with Gasteiger partial charge in [-0.05, 0) is 42.7 Å². The van der Waals surface area contributed by atoms with Crippen molar-refractivity contribution in [3.63, 3.8) is 0 Å². The monoisotopic (exact) mass is 411 g/mol. The fraction of sp³-hybridized carbons (Fsp3) is 0.348. The topological polar surface area (TPSA) is 96.5 Å². The normalized spacial score (nSPS) is 11.5. The van der Waals surface area contributed by atoms with Crippen molar-refractivity contribution in [2.24, 2.45) is 5.92 Å². The number of rotatable bonds is 10. The zero-order chi connectivity index (χ0) is 21.9. The van der Waals surface area contributed by atoms with Crippen molar-refractivity contribution in [3.8, 4) is 5.75 Å². The SMILES string of the molecule is CCNC(=O)COc1ccc(NC(=O)C(NC(=O)CC(C)C)c2ccccc2)cc1. The van der Waals surface area contributed by atoms with E-state index < -0.39 is 6.04 Å². The van der Waals surface area contributed by atoms with E-state index in [0.717, 1.165) is 0 Å². The molecule has 0 fully saturated rings. The molecule has 30 heavy (non-hydrogen) atoms. The Labute approximate surface area is 177 Å². The average Bonchev–Trinajstić information content (AvgIpc) is 2.72. The van der Waals surface area contributed by atoms with E-state index in [-0.39, 0.29) is 30.2 Å². The Morgan fingerprint density at radius 1 is 0.933 bits per heavy atom. The Morgan fingerprint density at radius 2 is 1.60 bits per heavy atom. The van der Waals surface area contributed by atoms with Crippen molar-refractivity contribution in [2.45, 2.75) is 33.2 Å². The molecular formula is C23H29N3O4. The predicted octanol–water partition coefficient (Wildman–Crippen LogP) is 3.04. The number of likely N-dealkylation sites (N-methyl/N-ethyl adjacent to an activating group) is 1. The molecule has 0 aromatic heterocycles. The molecule has 0 aliphatic rings. The first kappa shape index (κ1) is 22.9.